The zero-order chi connectivity index (χ0) is 24.2. The number of sulfonamides is 1. The molecule has 0 aliphatic rings. The van der Waals surface area contributed by atoms with Gasteiger partial charge in [-0.05, 0) is 54.4 Å². The second kappa shape index (κ2) is 7.86. The highest BCUT2D eigenvalue weighted by atomic mass is 35.5. The average molecular weight is 496 g/mol. The first-order valence-electron chi connectivity index (χ1n) is 10.1. The average Bonchev–Trinajstić information content (AvgIpc) is 3.14. The first-order valence-corrected chi connectivity index (χ1v) is 12.0. The summed E-state index contributed by atoms with van der Waals surface area (Å²) in [4.78, 5) is 32.3. The molecule has 9 nitrogen and oxygen atoms in total. The molecule has 0 aliphatic heterocycles. The van der Waals surface area contributed by atoms with Crippen LogP contribution in [0.4, 0.5) is 5.69 Å². The summed E-state index contributed by atoms with van der Waals surface area (Å²) >= 11 is 6.50. The van der Waals surface area contributed by atoms with E-state index in [-0.39, 0.29) is 16.1 Å². The summed E-state index contributed by atoms with van der Waals surface area (Å²) in [5, 5.41) is 0.368. The quantitative estimate of drug-likeness (QED) is 0.328. The van der Waals surface area contributed by atoms with Crippen molar-refractivity contribution in [3.63, 3.8) is 0 Å². The van der Waals surface area contributed by atoms with E-state index in [9.17, 15) is 18.0 Å². The summed E-state index contributed by atoms with van der Waals surface area (Å²) in [7, 11) is -2.10. The molecule has 5 aromatic rings. The summed E-state index contributed by atoms with van der Waals surface area (Å²) in [6, 6.07) is 13.5. The van der Waals surface area contributed by atoms with Crippen LogP contribution in [0.2, 0.25) is 5.02 Å². The van der Waals surface area contributed by atoms with E-state index in [2.05, 4.69) is 19.7 Å². The molecule has 0 aliphatic carbocycles. The van der Waals surface area contributed by atoms with E-state index in [0.717, 1.165) is 22.2 Å². The summed E-state index contributed by atoms with van der Waals surface area (Å²) < 4.78 is 30.7. The van der Waals surface area contributed by atoms with Crippen molar-refractivity contribution in [2.45, 2.75) is 11.8 Å². The fraction of sp³-hybridized carbons (Fsp3) is 0.0870. The number of hydrogen-bond donors (Lipinski definition) is 3. The first-order chi connectivity index (χ1) is 16.1. The number of imidazole rings is 1. The third-order valence-electron chi connectivity index (χ3n) is 5.56. The van der Waals surface area contributed by atoms with Crippen molar-refractivity contribution in [1.82, 2.24) is 19.5 Å². The van der Waals surface area contributed by atoms with E-state index < -0.39 is 21.1 Å². The van der Waals surface area contributed by atoms with Gasteiger partial charge >= 0.3 is 11.1 Å². The molecular weight excluding hydrogens is 478 g/mol. The molecule has 172 valence electrons. The highest BCUT2D eigenvalue weighted by Gasteiger charge is 2.19. The number of aromatic amines is 2. The smallest absolute Gasteiger partial charge is 0.314 e. The van der Waals surface area contributed by atoms with Crippen molar-refractivity contribution < 1.29 is 8.42 Å². The van der Waals surface area contributed by atoms with Crippen LogP contribution in [0.25, 0.3) is 33.2 Å². The highest BCUT2D eigenvalue weighted by Crippen LogP contribution is 2.33. The number of nitrogens with one attached hydrogen (secondary N) is 3. The molecule has 0 bridgehead atoms. The van der Waals surface area contributed by atoms with Gasteiger partial charge in [-0.3, -0.25) is 14.3 Å². The predicted molar refractivity (Wildman–Crippen MR) is 132 cm³/mol. The molecule has 0 radical (unpaired) electrons. The van der Waals surface area contributed by atoms with Crippen molar-refractivity contribution >= 4 is 49.4 Å². The minimum absolute atomic E-state index is 0.0384. The Morgan fingerprint density at radius 2 is 1.68 bits per heavy atom. The zero-order valence-corrected chi connectivity index (χ0v) is 19.6. The highest BCUT2D eigenvalue weighted by molar-refractivity contribution is 7.92. The van der Waals surface area contributed by atoms with Gasteiger partial charge < -0.3 is 14.5 Å². The lowest BCUT2D eigenvalue weighted by molar-refractivity contribution is 0.600. The van der Waals surface area contributed by atoms with Gasteiger partial charge in [0.2, 0.25) is 0 Å². The summed E-state index contributed by atoms with van der Waals surface area (Å²) in [6.07, 6.45) is 1.73. The Labute approximate surface area is 198 Å². The maximum absolute atomic E-state index is 13.1. The molecule has 0 fully saturated rings. The number of halogens is 1. The van der Waals surface area contributed by atoms with Gasteiger partial charge in [0.05, 0.1) is 44.0 Å². The summed E-state index contributed by atoms with van der Waals surface area (Å²) in [5.41, 5.74) is 2.95. The van der Waals surface area contributed by atoms with Crippen molar-refractivity contribution in [3.05, 3.63) is 86.2 Å². The van der Waals surface area contributed by atoms with Gasteiger partial charge in [0.15, 0.2) is 0 Å². The van der Waals surface area contributed by atoms with Crippen molar-refractivity contribution in [1.29, 1.82) is 0 Å². The molecule has 3 N–H and O–H groups in total. The third kappa shape index (κ3) is 3.76. The molecule has 0 saturated carbocycles. The normalized spacial score (nSPS) is 11.9. The van der Waals surface area contributed by atoms with E-state index in [1.165, 1.54) is 18.2 Å². The number of fused-ring (bicyclic) bond motifs is 2. The maximum atomic E-state index is 13.1. The molecular formula is C23H18ClN5O4S. The SMILES string of the molecule is Cc1cc2[nH]c(=O)c(=O)[nH]c2cc1S(=O)(=O)Nc1ccc(-c2ccc3c(c2)ncn3C)c(Cl)c1. The Balaban J connectivity index is 1.49. The van der Waals surface area contributed by atoms with Crippen LogP contribution in [0.15, 0.2) is 69.3 Å². The standard InChI is InChI=1S/C23H18ClN5O4S/c1-12-7-17-18(27-23(31)22(30)26-17)10-21(12)34(32,33)28-14-4-5-15(16(24)9-14)13-3-6-20-19(8-13)25-11-29(20)2/h3-11,28H,1-2H3,(H,26,30)(H,27,31). The van der Waals surface area contributed by atoms with Gasteiger partial charge in [-0.15, -0.1) is 0 Å². The fourth-order valence-electron chi connectivity index (χ4n) is 3.87. The Morgan fingerprint density at radius 3 is 2.38 bits per heavy atom. The number of hydrogen-bond acceptors (Lipinski definition) is 5. The Bertz CT molecular complexity index is 1840. The lowest BCUT2D eigenvalue weighted by atomic mass is 10.0. The lowest BCUT2D eigenvalue weighted by Gasteiger charge is -2.13. The van der Waals surface area contributed by atoms with Gasteiger partial charge in [0.25, 0.3) is 10.0 Å². The van der Waals surface area contributed by atoms with Crippen LogP contribution < -0.4 is 15.8 Å². The second-order valence-electron chi connectivity index (χ2n) is 7.93. The molecule has 0 atom stereocenters. The van der Waals surface area contributed by atoms with E-state index >= 15 is 0 Å². The Kier molecular flexibility index (Phi) is 5.07. The number of aromatic nitrogens is 4. The molecule has 0 spiro atoms. The topological polar surface area (TPSA) is 130 Å². The van der Waals surface area contributed by atoms with Crippen LogP contribution >= 0.6 is 11.6 Å². The van der Waals surface area contributed by atoms with Crippen molar-refractivity contribution in [2.75, 3.05) is 4.72 Å². The number of aryl methyl sites for hydroxylation is 2. The number of rotatable bonds is 4. The molecule has 0 amide bonds. The first kappa shape index (κ1) is 21.9. The van der Waals surface area contributed by atoms with Crippen LogP contribution in [0.3, 0.4) is 0 Å². The lowest BCUT2D eigenvalue weighted by Crippen LogP contribution is -2.29. The monoisotopic (exact) mass is 495 g/mol. The minimum Gasteiger partial charge on any atom is -0.334 e. The van der Waals surface area contributed by atoms with Crippen LogP contribution in [0, 0.1) is 6.92 Å². The van der Waals surface area contributed by atoms with Crippen molar-refractivity contribution in [2.24, 2.45) is 7.05 Å². The molecule has 0 unspecified atom stereocenters. The Hall–Kier alpha value is -3.89. The Morgan fingerprint density at radius 1 is 0.971 bits per heavy atom. The summed E-state index contributed by atoms with van der Waals surface area (Å²) in [5.74, 6) is 0. The van der Waals surface area contributed by atoms with Gasteiger partial charge in [-0.1, -0.05) is 23.7 Å². The second-order valence-corrected chi connectivity index (χ2v) is 9.99. The number of nitrogens with zero attached hydrogens (tertiary/aromatic N) is 2. The van der Waals surface area contributed by atoms with Crippen LogP contribution in [-0.2, 0) is 17.1 Å². The van der Waals surface area contributed by atoms with E-state index in [1.54, 1.807) is 25.4 Å². The molecule has 3 aromatic carbocycles. The van der Waals surface area contributed by atoms with Crippen LogP contribution in [0.5, 0.6) is 0 Å². The molecule has 5 rings (SSSR count). The van der Waals surface area contributed by atoms with Gasteiger partial charge in [0.1, 0.15) is 0 Å². The number of H-pyrrole nitrogens is 2. The molecule has 0 saturated heterocycles. The molecule has 2 aromatic heterocycles. The van der Waals surface area contributed by atoms with E-state index in [1.807, 2.05) is 29.8 Å². The molecule has 11 heteroatoms. The number of benzene rings is 3. The molecule has 2 heterocycles. The van der Waals surface area contributed by atoms with Gasteiger partial charge in [0, 0.05) is 12.6 Å². The zero-order valence-electron chi connectivity index (χ0n) is 18.0. The maximum Gasteiger partial charge on any atom is 0.314 e. The van der Waals surface area contributed by atoms with Crippen LogP contribution in [-0.4, -0.2) is 27.9 Å². The largest absolute Gasteiger partial charge is 0.334 e. The minimum atomic E-state index is -4.01. The van der Waals surface area contributed by atoms with Gasteiger partial charge in [-0.2, -0.15) is 0 Å². The van der Waals surface area contributed by atoms with E-state index in [4.69, 9.17) is 11.6 Å². The predicted octanol–water partition coefficient (Wildman–Crippen LogP) is 3.53. The summed E-state index contributed by atoms with van der Waals surface area (Å²) in [6.45, 7) is 1.60. The van der Waals surface area contributed by atoms with Crippen LogP contribution in [0.1, 0.15) is 5.56 Å². The van der Waals surface area contributed by atoms with Gasteiger partial charge in [-0.25, -0.2) is 13.4 Å². The number of anilines is 1. The molecule has 34 heavy (non-hydrogen) atoms. The fourth-order valence-corrected chi connectivity index (χ4v) is 5.46. The van der Waals surface area contributed by atoms with E-state index in [0.29, 0.717) is 16.1 Å². The van der Waals surface area contributed by atoms with Crippen molar-refractivity contribution in [3.8, 4) is 11.1 Å². The third-order valence-corrected chi connectivity index (χ3v) is 7.40.